The molecular weight excluding hydrogens is 266 g/mol. The molecule has 1 saturated heterocycles. The molecule has 0 N–H and O–H groups in total. The zero-order chi connectivity index (χ0) is 14.5. The Morgan fingerprint density at radius 2 is 2.33 bits per heavy atom. The molecule has 0 aromatic carbocycles. The molecule has 1 amide bonds. The van der Waals surface area contributed by atoms with Gasteiger partial charge in [-0.15, -0.1) is 0 Å². The minimum Gasteiger partial charge on any atom is -0.469 e. The van der Waals surface area contributed by atoms with Gasteiger partial charge in [0.25, 0.3) is 0 Å². The van der Waals surface area contributed by atoms with Gasteiger partial charge in [0.05, 0.1) is 18.8 Å². The number of hydrogen-bond acceptors (Lipinski definition) is 3. The van der Waals surface area contributed by atoms with Gasteiger partial charge in [-0.2, -0.15) is 5.10 Å². The van der Waals surface area contributed by atoms with Gasteiger partial charge >= 0.3 is 0 Å². The fourth-order valence-electron chi connectivity index (χ4n) is 2.97. The lowest BCUT2D eigenvalue weighted by molar-refractivity contribution is -0.135. The number of hydrogen-bond donors (Lipinski definition) is 0. The molecule has 3 rings (SSSR count). The van der Waals surface area contributed by atoms with Crippen LogP contribution in [0.2, 0.25) is 0 Å². The van der Waals surface area contributed by atoms with Gasteiger partial charge in [0.15, 0.2) is 0 Å². The first-order valence-corrected chi connectivity index (χ1v) is 7.62. The number of nitrogens with zero attached hydrogens (tertiary/aromatic N) is 3. The smallest absolute Gasteiger partial charge is 0.223 e. The van der Waals surface area contributed by atoms with E-state index in [0.29, 0.717) is 12.8 Å². The molecule has 21 heavy (non-hydrogen) atoms. The predicted octanol–water partition coefficient (Wildman–Crippen LogP) is 2.49. The van der Waals surface area contributed by atoms with Crippen LogP contribution in [0.3, 0.4) is 0 Å². The summed E-state index contributed by atoms with van der Waals surface area (Å²) in [6.45, 7) is 1.66. The molecule has 112 valence electrons. The molecule has 0 radical (unpaired) electrons. The van der Waals surface area contributed by atoms with E-state index in [0.717, 1.165) is 31.7 Å². The van der Waals surface area contributed by atoms with Crippen LogP contribution in [0.15, 0.2) is 41.3 Å². The van der Waals surface area contributed by atoms with E-state index in [1.807, 2.05) is 34.0 Å². The lowest BCUT2D eigenvalue weighted by Gasteiger charge is -2.35. The molecule has 1 aliphatic heterocycles. The van der Waals surface area contributed by atoms with Crippen molar-refractivity contribution in [2.45, 2.75) is 44.7 Å². The summed E-state index contributed by atoms with van der Waals surface area (Å²) in [5.41, 5.74) is 0. The molecule has 5 heteroatoms. The number of aryl methyl sites for hydroxylation is 1. The van der Waals surface area contributed by atoms with Crippen molar-refractivity contribution in [3.63, 3.8) is 0 Å². The van der Waals surface area contributed by atoms with Gasteiger partial charge in [-0.3, -0.25) is 9.48 Å². The van der Waals surface area contributed by atoms with E-state index < -0.39 is 0 Å². The molecule has 0 unspecified atom stereocenters. The Morgan fingerprint density at radius 3 is 3.10 bits per heavy atom. The average molecular weight is 287 g/mol. The monoisotopic (exact) mass is 287 g/mol. The number of carbonyl (C=O) groups excluding carboxylic acids is 1. The van der Waals surface area contributed by atoms with Gasteiger partial charge in [0.2, 0.25) is 5.91 Å². The lowest BCUT2D eigenvalue weighted by atomic mass is 10.0. The van der Waals surface area contributed by atoms with E-state index in [4.69, 9.17) is 4.42 Å². The first-order chi connectivity index (χ1) is 10.3. The second-order valence-corrected chi connectivity index (χ2v) is 5.54. The van der Waals surface area contributed by atoms with E-state index in [1.165, 1.54) is 6.42 Å². The van der Waals surface area contributed by atoms with Crippen LogP contribution in [-0.2, 0) is 17.8 Å². The summed E-state index contributed by atoms with van der Waals surface area (Å²) in [5.74, 6) is 1.10. The van der Waals surface area contributed by atoms with Gasteiger partial charge in [-0.1, -0.05) is 0 Å². The van der Waals surface area contributed by atoms with Gasteiger partial charge < -0.3 is 9.32 Å². The Bertz CT molecular complexity index is 548. The summed E-state index contributed by atoms with van der Waals surface area (Å²) in [7, 11) is 0. The third-order valence-electron chi connectivity index (χ3n) is 4.07. The molecule has 1 atom stereocenters. The van der Waals surface area contributed by atoms with Crippen LogP contribution in [0.25, 0.3) is 0 Å². The van der Waals surface area contributed by atoms with Crippen LogP contribution in [0.5, 0.6) is 0 Å². The highest BCUT2D eigenvalue weighted by Crippen LogP contribution is 2.20. The topological polar surface area (TPSA) is 51.3 Å². The second kappa shape index (κ2) is 6.61. The predicted molar refractivity (Wildman–Crippen MR) is 78.6 cm³/mol. The average Bonchev–Trinajstić information content (AvgIpc) is 3.18. The number of furan rings is 1. The van der Waals surface area contributed by atoms with Crippen molar-refractivity contribution in [2.24, 2.45) is 0 Å². The number of amides is 1. The fourth-order valence-corrected chi connectivity index (χ4v) is 2.97. The normalized spacial score (nSPS) is 18.9. The second-order valence-electron chi connectivity index (χ2n) is 5.54. The van der Waals surface area contributed by atoms with E-state index in [9.17, 15) is 4.79 Å². The van der Waals surface area contributed by atoms with Crippen molar-refractivity contribution < 1.29 is 9.21 Å². The van der Waals surface area contributed by atoms with Crippen molar-refractivity contribution >= 4 is 5.91 Å². The van der Waals surface area contributed by atoms with Gasteiger partial charge in [0.1, 0.15) is 5.76 Å². The lowest BCUT2D eigenvalue weighted by Crippen LogP contribution is -2.46. The molecule has 0 aliphatic carbocycles. The zero-order valence-corrected chi connectivity index (χ0v) is 12.1. The van der Waals surface area contributed by atoms with Crippen LogP contribution in [0, 0.1) is 0 Å². The number of aromatic nitrogens is 2. The van der Waals surface area contributed by atoms with Crippen LogP contribution >= 0.6 is 0 Å². The minimum atomic E-state index is 0.225. The third kappa shape index (κ3) is 3.54. The van der Waals surface area contributed by atoms with Crippen molar-refractivity contribution in [1.29, 1.82) is 0 Å². The molecule has 3 heterocycles. The largest absolute Gasteiger partial charge is 0.469 e. The molecule has 2 aromatic rings. The van der Waals surface area contributed by atoms with Crippen LogP contribution in [0.1, 0.15) is 31.4 Å². The van der Waals surface area contributed by atoms with Crippen LogP contribution in [0.4, 0.5) is 0 Å². The Balaban J connectivity index is 1.58. The summed E-state index contributed by atoms with van der Waals surface area (Å²) < 4.78 is 7.22. The van der Waals surface area contributed by atoms with E-state index in [2.05, 4.69) is 5.10 Å². The summed E-state index contributed by atoms with van der Waals surface area (Å²) in [4.78, 5) is 14.5. The summed E-state index contributed by atoms with van der Waals surface area (Å²) in [5, 5.41) is 4.25. The number of piperidine rings is 1. The molecular formula is C16H21N3O2. The first kappa shape index (κ1) is 13.9. The molecule has 0 spiro atoms. The molecule has 0 saturated carbocycles. The van der Waals surface area contributed by atoms with Gasteiger partial charge in [-0.25, -0.2) is 0 Å². The van der Waals surface area contributed by atoms with Crippen molar-refractivity contribution in [1.82, 2.24) is 14.7 Å². The minimum absolute atomic E-state index is 0.225. The van der Waals surface area contributed by atoms with Crippen molar-refractivity contribution in [2.75, 3.05) is 6.54 Å². The van der Waals surface area contributed by atoms with Gasteiger partial charge in [-0.05, 0) is 37.5 Å². The summed E-state index contributed by atoms with van der Waals surface area (Å²) in [6.07, 6.45) is 9.94. The molecule has 2 aromatic heterocycles. The molecule has 5 nitrogen and oxygen atoms in total. The molecule has 1 aliphatic rings. The first-order valence-electron chi connectivity index (χ1n) is 7.62. The third-order valence-corrected chi connectivity index (χ3v) is 4.07. The Morgan fingerprint density at radius 1 is 1.38 bits per heavy atom. The summed E-state index contributed by atoms with van der Waals surface area (Å²) in [6, 6.07) is 5.97. The number of rotatable bonds is 5. The van der Waals surface area contributed by atoms with E-state index >= 15 is 0 Å². The Hall–Kier alpha value is -2.04. The Kier molecular flexibility index (Phi) is 4.38. The number of carbonyl (C=O) groups is 1. The molecule has 0 bridgehead atoms. The number of likely N-dealkylation sites (tertiary alicyclic amines) is 1. The van der Waals surface area contributed by atoms with Gasteiger partial charge in [0, 0.05) is 31.8 Å². The summed E-state index contributed by atoms with van der Waals surface area (Å²) >= 11 is 0. The van der Waals surface area contributed by atoms with E-state index in [1.54, 1.807) is 12.5 Å². The standard InChI is InChI=1S/C16H21N3O2/c20-16(8-7-15-6-3-12-21-15)19-11-2-1-5-14(19)13-18-10-4-9-17-18/h3-4,6,9-10,12,14H,1-2,5,7-8,11,13H2/t14-/m1/s1. The quantitative estimate of drug-likeness (QED) is 0.849. The van der Waals surface area contributed by atoms with Crippen LogP contribution < -0.4 is 0 Å². The van der Waals surface area contributed by atoms with Crippen molar-refractivity contribution in [3.05, 3.63) is 42.6 Å². The Labute approximate surface area is 124 Å². The fraction of sp³-hybridized carbons (Fsp3) is 0.500. The highest BCUT2D eigenvalue weighted by molar-refractivity contribution is 5.76. The van der Waals surface area contributed by atoms with E-state index in [-0.39, 0.29) is 11.9 Å². The highest BCUT2D eigenvalue weighted by Gasteiger charge is 2.26. The van der Waals surface area contributed by atoms with Crippen LogP contribution in [-0.4, -0.2) is 33.2 Å². The highest BCUT2D eigenvalue weighted by atomic mass is 16.3. The maximum atomic E-state index is 12.5. The van der Waals surface area contributed by atoms with Crippen molar-refractivity contribution in [3.8, 4) is 0 Å². The zero-order valence-electron chi connectivity index (χ0n) is 12.1. The maximum absolute atomic E-state index is 12.5. The molecule has 1 fully saturated rings. The SMILES string of the molecule is O=C(CCc1ccco1)N1CCCC[C@@H]1Cn1cccn1. The maximum Gasteiger partial charge on any atom is 0.223 e.